The van der Waals surface area contributed by atoms with Crippen LogP contribution in [0.15, 0.2) is 35.1 Å². The summed E-state index contributed by atoms with van der Waals surface area (Å²) in [6.45, 7) is 0.786. The van der Waals surface area contributed by atoms with E-state index >= 15 is 0 Å². The highest BCUT2D eigenvalue weighted by molar-refractivity contribution is 5.80. The minimum atomic E-state index is -0.152. The third kappa shape index (κ3) is 2.57. The second kappa shape index (κ2) is 5.45. The molecule has 0 fully saturated rings. The van der Waals surface area contributed by atoms with Gasteiger partial charge in [-0.3, -0.25) is 9.36 Å². The maximum atomic E-state index is 12.1. The standard InChI is InChI=1S/C15H17N3O2/c19-13(10-12-6-2-1-3-7-12)11-18-15(20)17-9-5-4-8-14(17)16-18/h1-3,6-7H,4-5,8-11H2. The molecule has 0 N–H and O–H groups in total. The Labute approximate surface area is 116 Å². The smallest absolute Gasteiger partial charge is 0.297 e. The molecule has 0 atom stereocenters. The van der Waals surface area contributed by atoms with Crippen LogP contribution in [0.4, 0.5) is 0 Å². The molecule has 0 radical (unpaired) electrons. The van der Waals surface area contributed by atoms with E-state index in [-0.39, 0.29) is 18.0 Å². The summed E-state index contributed by atoms with van der Waals surface area (Å²) in [6, 6.07) is 9.56. The molecule has 0 amide bonds. The number of fused-ring (bicyclic) bond motifs is 1. The number of nitrogens with zero attached hydrogens (tertiary/aromatic N) is 3. The summed E-state index contributed by atoms with van der Waals surface area (Å²) >= 11 is 0. The first-order chi connectivity index (χ1) is 9.74. The van der Waals surface area contributed by atoms with E-state index in [1.165, 1.54) is 4.68 Å². The predicted molar refractivity (Wildman–Crippen MR) is 74.6 cm³/mol. The fourth-order valence-corrected chi connectivity index (χ4v) is 2.60. The van der Waals surface area contributed by atoms with Crippen molar-refractivity contribution >= 4 is 5.78 Å². The zero-order valence-electron chi connectivity index (χ0n) is 11.3. The Morgan fingerprint density at radius 1 is 1.20 bits per heavy atom. The van der Waals surface area contributed by atoms with E-state index in [1.54, 1.807) is 4.57 Å². The molecule has 1 aromatic carbocycles. The summed E-state index contributed by atoms with van der Waals surface area (Å²) in [4.78, 5) is 24.2. The third-order valence-corrected chi connectivity index (χ3v) is 3.60. The number of Topliss-reactive ketones (excluding diaryl/α,β-unsaturated/α-hetero) is 1. The molecular weight excluding hydrogens is 254 g/mol. The molecule has 1 aliphatic rings. The fourth-order valence-electron chi connectivity index (χ4n) is 2.60. The van der Waals surface area contributed by atoms with Gasteiger partial charge in [-0.15, -0.1) is 0 Å². The van der Waals surface area contributed by atoms with Crippen molar-refractivity contribution in [3.63, 3.8) is 0 Å². The largest absolute Gasteiger partial charge is 0.346 e. The van der Waals surface area contributed by atoms with Crippen LogP contribution in [0.3, 0.4) is 0 Å². The molecule has 104 valence electrons. The molecule has 0 saturated heterocycles. The number of aryl methyl sites for hydroxylation is 1. The lowest BCUT2D eigenvalue weighted by Gasteiger charge is -2.09. The van der Waals surface area contributed by atoms with Gasteiger partial charge in [0.2, 0.25) is 0 Å². The van der Waals surface area contributed by atoms with Crippen molar-refractivity contribution in [3.8, 4) is 0 Å². The first kappa shape index (κ1) is 12.8. The predicted octanol–water partition coefficient (Wildman–Crippen LogP) is 1.19. The number of rotatable bonds is 4. The monoisotopic (exact) mass is 271 g/mol. The van der Waals surface area contributed by atoms with Crippen molar-refractivity contribution in [3.05, 3.63) is 52.2 Å². The lowest BCUT2D eigenvalue weighted by molar-refractivity contribution is -0.119. The van der Waals surface area contributed by atoms with Crippen molar-refractivity contribution in [1.82, 2.24) is 14.3 Å². The van der Waals surface area contributed by atoms with Crippen molar-refractivity contribution in [2.45, 2.75) is 38.8 Å². The van der Waals surface area contributed by atoms with Gasteiger partial charge in [-0.05, 0) is 18.4 Å². The minimum Gasteiger partial charge on any atom is -0.297 e. The van der Waals surface area contributed by atoms with Gasteiger partial charge < -0.3 is 0 Å². The maximum absolute atomic E-state index is 12.1. The Kier molecular flexibility index (Phi) is 3.50. The Hall–Kier alpha value is -2.17. The van der Waals surface area contributed by atoms with Gasteiger partial charge in [0, 0.05) is 19.4 Å². The molecule has 0 spiro atoms. The molecule has 3 rings (SSSR count). The van der Waals surface area contributed by atoms with Crippen LogP contribution in [-0.2, 0) is 30.7 Å². The van der Waals surface area contributed by atoms with Crippen molar-refractivity contribution in [2.75, 3.05) is 0 Å². The number of aromatic nitrogens is 3. The topological polar surface area (TPSA) is 56.9 Å². The van der Waals surface area contributed by atoms with E-state index in [0.29, 0.717) is 6.42 Å². The first-order valence-corrected chi connectivity index (χ1v) is 6.96. The van der Waals surface area contributed by atoms with Gasteiger partial charge in [-0.1, -0.05) is 30.3 Å². The molecule has 1 aliphatic heterocycles. The number of benzene rings is 1. The molecule has 0 bridgehead atoms. The van der Waals surface area contributed by atoms with Gasteiger partial charge in [0.15, 0.2) is 5.78 Å². The van der Waals surface area contributed by atoms with Crippen LogP contribution in [-0.4, -0.2) is 20.1 Å². The quantitative estimate of drug-likeness (QED) is 0.839. The van der Waals surface area contributed by atoms with Gasteiger partial charge in [0.05, 0.1) is 0 Å². The number of ketones is 1. The summed E-state index contributed by atoms with van der Waals surface area (Å²) in [5.41, 5.74) is 0.815. The first-order valence-electron chi connectivity index (χ1n) is 6.96. The van der Waals surface area contributed by atoms with Crippen LogP contribution >= 0.6 is 0 Å². The van der Waals surface area contributed by atoms with Gasteiger partial charge in [-0.2, -0.15) is 5.10 Å². The summed E-state index contributed by atoms with van der Waals surface area (Å²) in [5, 5.41) is 4.28. The van der Waals surface area contributed by atoms with Crippen LogP contribution in [0.1, 0.15) is 24.2 Å². The van der Waals surface area contributed by atoms with Crippen molar-refractivity contribution in [2.24, 2.45) is 0 Å². The van der Waals surface area contributed by atoms with E-state index in [2.05, 4.69) is 5.10 Å². The Bertz CT molecular complexity index is 670. The molecule has 1 aromatic heterocycles. The van der Waals surface area contributed by atoms with E-state index in [9.17, 15) is 9.59 Å². The molecule has 0 aliphatic carbocycles. The number of hydrogen-bond donors (Lipinski definition) is 0. The van der Waals surface area contributed by atoms with Gasteiger partial charge in [0.1, 0.15) is 12.4 Å². The highest BCUT2D eigenvalue weighted by Gasteiger charge is 2.18. The van der Waals surface area contributed by atoms with Gasteiger partial charge >= 0.3 is 5.69 Å². The molecule has 5 nitrogen and oxygen atoms in total. The SMILES string of the molecule is O=C(Cc1ccccc1)Cn1nc2n(c1=O)CCCC2. The second-order valence-corrected chi connectivity index (χ2v) is 5.17. The summed E-state index contributed by atoms with van der Waals surface area (Å²) < 4.78 is 3.01. The normalized spacial score (nSPS) is 14.0. The molecule has 20 heavy (non-hydrogen) atoms. The van der Waals surface area contributed by atoms with Crippen LogP contribution in [0.2, 0.25) is 0 Å². The van der Waals surface area contributed by atoms with Crippen LogP contribution in [0.5, 0.6) is 0 Å². The number of hydrogen-bond acceptors (Lipinski definition) is 3. The van der Waals surface area contributed by atoms with E-state index in [1.807, 2.05) is 30.3 Å². The van der Waals surface area contributed by atoms with Crippen LogP contribution in [0, 0.1) is 0 Å². The molecule has 2 heterocycles. The molecular formula is C15H17N3O2. The van der Waals surface area contributed by atoms with Crippen molar-refractivity contribution in [1.29, 1.82) is 0 Å². The highest BCUT2D eigenvalue weighted by Crippen LogP contribution is 2.09. The number of carbonyl (C=O) groups is 1. The summed E-state index contributed by atoms with van der Waals surface area (Å²) in [7, 11) is 0. The number of carbonyl (C=O) groups excluding carboxylic acids is 1. The summed E-state index contributed by atoms with van der Waals surface area (Å²) in [5.74, 6) is 0.822. The van der Waals surface area contributed by atoms with Gasteiger partial charge in [0.25, 0.3) is 0 Å². The second-order valence-electron chi connectivity index (χ2n) is 5.17. The molecule has 0 saturated carbocycles. The van der Waals surface area contributed by atoms with Gasteiger partial charge in [-0.25, -0.2) is 9.48 Å². The lowest BCUT2D eigenvalue weighted by Crippen LogP contribution is -2.29. The average Bonchev–Trinajstić information content (AvgIpc) is 2.77. The van der Waals surface area contributed by atoms with E-state index in [4.69, 9.17) is 0 Å². The highest BCUT2D eigenvalue weighted by atomic mass is 16.2. The van der Waals surface area contributed by atoms with E-state index in [0.717, 1.165) is 37.2 Å². The Morgan fingerprint density at radius 2 is 2.00 bits per heavy atom. The molecule has 5 heteroatoms. The zero-order valence-corrected chi connectivity index (χ0v) is 11.3. The molecule has 0 unspecified atom stereocenters. The third-order valence-electron chi connectivity index (χ3n) is 3.60. The fraction of sp³-hybridized carbons (Fsp3) is 0.400. The maximum Gasteiger partial charge on any atom is 0.346 e. The zero-order chi connectivity index (χ0) is 13.9. The van der Waals surface area contributed by atoms with Crippen molar-refractivity contribution < 1.29 is 4.79 Å². The van der Waals surface area contributed by atoms with E-state index < -0.39 is 0 Å². The Morgan fingerprint density at radius 3 is 2.75 bits per heavy atom. The molecule has 2 aromatic rings. The summed E-state index contributed by atoms with van der Waals surface area (Å²) in [6.07, 6.45) is 3.25. The minimum absolute atomic E-state index is 0.00810. The van der Waals surface area contributed by atoms with Crippen LogP contribution in [0.25, 0.3) is 0 Å². The van der Waals surface area contributed by atoms with Crippen LogP contribution < -0.4 is 5.69 Å². The lowest BCUT2D eigenvalue weighted by atomic mass is 10.1. The Balaban J connectivity index is 1.73. The average molecular weight is 271 g/mol.